The summed E-state index contributed by atoms with van der Waals surface area (Å²) in [5, 5.41) is 13.2. The largest absolute Gasteiger partial charge is 0.395 e. The monoisotopic (exact) mass is 313 g/mol. The summed E-state index contributed by atoms with van der Waals surface area (Å²) < 4.78 is 18.2. The summed E-state index contributed by atoms with van der Waals surface area (Å²) in [6.07, 6.45) is 0. The van der Waals surface area contributed by atoms with Gasteiger partial charge in [0, 0.05) is 17.8 Å². The lowest BCUT2D eigenvalue weighted by Crippen LogP contribution is -2.26. The number of benzene rings is 2. The summed E-state index contributed by atoms with van der Waals surface area (Å²) in [5.41, 5.74) is 1.65. The molecule has 1 N–H and O–H groups in total. The molecular weight excluding hydrogens is 297 g/mol. The summed E-state index contributed by atoms with van der Waals surface area (Å²) in [5.74, 6) is 0.536. The second-order valence-corrected chi connectivity index (χ2v) is 5.00. The van der Waals surface area contributed by atoms with Gasteiger partial charge in [0.1, 0.15) is 5.82 Å². The number of para-hydroxylation sites is 1. The third-order valence-corrected chi connectivity index (χ3v) is 3.39. The number of nitrogens with zero attached hydrogens (tertiary/aromatic N) is 3. The van der Waals surface area contributed by atoms with Crippen molar-refractivity contribution in [2.24, 2.45) is 0 Å². The standard InChI is InChI=1S/C17H16FN3O2/c18-14-8-6-13(7-9-14)17-19-16(23-20-17)12-21(10-11-22)15-4-2-1-3-5-15/h1-9,22H,10-12H2. The van der Waals surface area contributed by atoms with Crippen molar-refractivity contribution in [1.29, 1.82) is 0 Å². The van der Waals surface area contributed by atoms with Crippen LogP contribution in [0.25, 0.3) is 11.4 Å². The fraction of sp³-hybridized carbons (Fsp3) is 0.176. The molecule has 3 aromatic rings. The van der Waals surface area contributed by atoms with Crippen LogP contribution in [0.5, 0.6) is 0 Å². The van der Waals surface area contributed by atoms with E-state index < -0.39 is 0 Å². The molecule has 0 unspecified atom stereocenters. The van der Waals surface area contributed by atoms with Crippen LogP contribution >= 0.6 is 0 Å². The molecule has 118 valence electrons. The molecule has 0 radical (unpaired) electrons. The van der Waals surface area contributed by atoms with Gasteiger partial charge in [-0.15, -0.1) is 0 Å². The molecule has 1 aromatic heterocycles. The van der Waals surface area contributed by atoms with Crippen molar-refractivity contribution in [3.05, 3.63) is 66.3 Å². The topological polar surface area (TPSA) is 62.4 Å². The normalized spacial score (nSPS) is 10.7. The Kier molecular flexibility index (Phi) is 4.63. The van der Waals surface area contributed by atoms with Gasteiger partial charge in [0.05, 0.1) is 13.2 Å². The first kappa shape index (κ1) is 15.2. The van der Waals surface area contributed by atoms with E-state index in [9.17, 15) is 9.50 Å². The molecule has 0 amide bonds. The Balaban J connectivity index is 1.78. The molecule has 5 nitrogen and oxygen atoms in total. The van der Waals surface area contributed by atoms with Crippen LogP contribution in [0, 0.1) is 5.82 Å². The SMILES string of the molecule is OCCN(Cc1nc(-c2ccc(F)cc2)no1)c1ccccc1. The van der Waals surface area contributed by atoms with Crippen molar-refractivity contribution in [3.8, 4) is 11.4 Å². The summed E-state index contributed by atoms with van der Waals surface area (Å²) in [6, 6.07) is 15.6. The van der Waals surface area contributed by atoms with Gasteiger partial charge in [0.25, 0.3) is 0 Å². The van der Waals surface area contributed by atoms with E-state index in [0.29, 0.717) is 30.4 Å². The number of hydrogen-bond acceptors (Lipinski definition) is 5. The quantitative estimate of drug-likeness (QED) is 0.758. The number of halogens is 1. The maximum atomic E-state index is 13.0. The fourth-order valence-electron chi connectivity index (χ4n) is 2.26. The number of aromatic nitrogens is 2. The first-order chi connectivity index (χ1) is 11.3. The van der Waals surface area contributed by atoms with Gasteiger partial charge in [0.15, 0.2) is 0 Å². The predicted octanol–water partition coefficient (Wildman–Crippen LogP) is 2.87. The lowest BCUT2D eigenvalue weighted by Gasteiger charge is -2.21. The second kappa shape index (κ2) is 7.02. The number of rotatable bonds is 6. The van der Waals surface area contributed by atoms with E-state index in [4.69, 9.17) is 4.52 Å². The Hall–Kier alpha value is -2.73. The highest BCUT2D eigenvalue weighted by atomic mass is 19.1. The number of aliphatic hydroxyl groups is 1. The van der Waals surface area contributed by atoms with E-state index in [1.54, 1.807) is 12.1 Å². The maximum absolute atomic E-state index is 13.0. The third kappa shape index (κ3) is 3.73. The first-order valence-corrected chi connectivity index (χ1v) is 7.25. The summed E-state index contributed by atoms with van der Waals surface area (Å²) in [7, 11) is 0. The second-order valence-electron chi connectivity index (χ2n) is 5.00. The lowest BCUT2D eigenvalue weighted by molar-refractivity contribution is 0.298. The molecule has 0 saturated heterocycles. The fourth-order valence-corrected chi connectivity index (χ4v) is 2.26. The molecule has 0 aliphatic heterocycles. The smallest absolute Gasteiger partial charge is 0.246 e. The van der Waals surface area contributed by atoms with Crippen molar-refractivity contribution in [2.75, 3.05) is 18.1 Å². The van der Waals surface area contributed by atoms with E-state index >= 15 is 0 Å². The molecule has 0 aliphatic rings. The molecule has 1 heterocycles. The summed E-state index contributed by atoms with van der Waals surface area (Å²) in [4.78, 5) is 6.28. The molecule has 6 heteroatoms. The highest BCUT2D eigenvalue weighted by Gasteiger charge is 2.13. The van der Waals surface area contributed by atoms with E-state index in [0.717, 1.165) is 5.69 Å². The zero-order chi connectivity index (χ0) is 16.1. The molecule has 3 rings (SSSR count). The molecule has 0 bridgehead atoms. The van der Waals surface area contributed by atoms with Crippen molar-refractivity contribution in [1.82, 2.24) is 10.1 Å². The minimum absolute atomic E-state index is 0.0217. The van der Waals surface area contributed by atoms with Gasteiger partial charge in [-0.1, -0.05) is 23.4 Å². The number of aliphatic hydroxyl groups excluding tert-OH is 1. The van der Waals surface area contributed by atoms with Gasteiger partial charge in [0.2, 0.25) is 11.7 Å². The van der Waals surface area contributed by atoms with Crippen LogP contribution in [0.15, 0.2) is 59.1 Å². The van der Waals surface area contributed by atoms with E-state index in [1.807, 2.05) is 35.2 Å². The Labute approximate surface area is 133 Å². The molecule has 0 fully saturated rings. The molecule has 0 aliphatic carbocycles. The maximum Gasteiger partial charge on any atom is 0.246 e. The van der Waals surface area contributed by atoms with Gasteiger partial charge in [-0.25, -0.2) is 4.39 Å². The number of hydrogen-bond donors (Lipinski definition) is 1. The van der Waals surface area contributed by atoms with Crippen LogP contribution < -0.4 is 4.90 Å². The van der Waals surface area contributed by atoms with E-state index in [2.05, 4.69) is 10.1 Å². The van der Waals surface area contributed by atoms with Crippen molar-refractivity contribution in [3.63, 3.8) is 0 Å². The van der Waals surface area contributed by atoms with Crippen molar-refractivity contribution < 1.29 is 14.0 Å². The Morgan fingerprint density at radius 3 is 2.48 bits per heavy atom. The minimum Gasteiger partial charge on any atom is -0.395 e. The third-order valence-electron chi connectivity index (χ3n) is 3.39. The van der Waals surface area contributed by atoms with Gasteiger partial charge in [-0.05, 0) is 36.4 Å². The zero-order valence-electron chi connectivity index (χ0n) is 12.4. The van der Waals surface area contributed by atoms with E-state index in [1.165, 1.54) is 12.1 Å². The van der Waals surface area contributed by atoms with Gasteiger partial charge < -0.3 is 14.5 Å². The molecular formula is C17H16FN3O2. The van der Waals surface area contributed by atoms with Crippen LogP contribution in [0.3, 0.4) is 0 Å². The van der Waals surface area contributed by atoms with Crippen LogP contribution in [0.4, 0.5) is 10.1 Å². The highest BCUT2D eigenvalue weighted by molar-refractivity contribution is 5.54. The predicted molar refractivity (Wildman–Crippen MR) is 84.3 cm³/mol. The van der Waals surface area contributed by atoms with Gasteiger partial charge in [-0.3, -0.25) is 0 Å². The number of anilines is 1. The Morgan fingerprint density at radius 2 is 1.78 bits per heavy atom. The minimum atomic E-state index is -0.310. The van der Waals surface area contributed by atoms with Crippen LogP contribution in [0.2, 0.25) is 0 Å². The summed E-state index contributed by atoms with van der Waals surface area (Å²) >= 11 is 0. The Morgan fingerprint density at radius 1 is 1.04 bits per heavy atom. The van der Waals surface area contributed by atoms with Crippen LogP contribution in [-0.2, 0) is 6.54 Å². The lowest BCUT2D eigenvalue weighted by atomic mass is 10.2. The van der Waals surface area contributed by atoms with Crippen LogP contribution in [-0.4, -0.2) is 28.4 Å². The summed E-state index contributed by atoms with van der Waals surface area (Å²) in [6.45, 7) is 0.866. The zero-order valence-corrected chi connectivity index (χ0v) is 12.4. The molecule has 23 heavy (non-hydrogen) atoms. The highest BCUT2D eigenvalue weighted by Crippen LogP contribution is 2.19. The molecule has 0 spiro atoms. The van der Waals surface area contributed by atoms with Crippen LogP contribution in [0.1, 0.15) is 5.89 Å². The van der Waals surface area contributed by atoms with Gasteiger partial charge in [-0.2, -0.15) is 4.98 Å². The molecule has 0 saturated carbocycles. The van der Waals surface area contributed by atoms with Gasteiger partial charge >= 0.3 is 0 Å². The first-order valence-electron chi connectivity index (χ1n) is 7.25. The van der Waals surface area contributed by atoms with Crippen molar-refractivity contribution in [2.45, 2.75) is 6.54 Å². The van der Waals surface area contributed by atoms with Crippen molar-refractivity contribution >= 4 is 5.69 Å². The van der Waals surface area contributed by atoms with E-state index in [-0.39, 0.29) is 12.4 Å². The molecule has 2 aromatic carbocycles. The average Bonchev–Trinajstić information content (AvgIpc) is 3.04. The average molecular weight is 313 g/mol. The Bertz CT molecular complexity index is 744. The molecule has 0 atom stereocenters.